The number of rotatable bonds is 1. The third-order valence-electron chi connectivity index (χ3n) is 2.07. The number of hydrogen-bond donors (Lipinski definition) is 2. The maximum atomic E-state index is 8.62. The van der Waals surface area contributed by atoms with Gasteiger partial charge in [-0.1, -0.05) is 6.92 Å². The van der Waals surface area contributed by atoms with Crippen LogP contribution < -0.4 is 5.48 Å². The summed E-state index contributed by atoms with van der Waals surface area (Å²) in [4.78, 5) is 0. The lowest BCUT2D eigenvalue weighted by Crippen LogP contribution is -2.35. The maximum Gasteiger partial charge on any atom is 0.0354 e. The molecule has 3 heteroatoms. The van der Waals surface area contributed by atoms with E-state index in [4.69, 9.17) is 16.8 Å². The average Bonchev–Trinajstić information content (AvgIpc) is 1.85. The Kier molecular flexibility index (Phi) is 2.96. The minimum Gasteiger partial charge on any atom is -0.317 e. The van der Waals surface area contributed by atoms with E-state index >= 15 is 0 Å². The molecule has 0 amide bonds. The van der Waals surface area contributed by atoms with E-state index in [0.29, 0.717) is 5.92 Å². The molecule has 2 nitrogen and oxygen atoms in total. The van der Waals surface area contributed by atoms with Gasteiger partial charge in [-0.3, -0.25) is 0 Å². The number of halogens is 1. The van der Waals surface area contributed by atoms with Crippen molar-refractivity contribution in [1.82, 2.24) is 5.48 Å². The van der Waals surface area contributed by atoms with Gasteiger partial charge in [0, 0.05) is 11.4 Å². The van der Waals surface area contributed by atoms with Crippen molar-refractivity contribution in [3.8, 4) is 0 Å². The largest absolute Gasteiger partial charge is 0.317 e. The van der Waals surface area contributed by atoms with Crippen LogP contribution in [0.15, 0.2) is 0 Å². The van der Waals surface area contributed by atoms with Crippen molar-refractivity contribution >= 4 is 11.6 Å². The molecular weight excluding hydrogens is 150 g/mol. The molecule has 60 valence electrons. The lowest BCUT2D eigenvalue weighted by Gasteiger charge is -2.28. The fourth-order valence-electron chi connectivity index (χ4n) is 1.63. The normalized spacial score (nSPS) is 41.7. The van der Waals surface area contributed by atoms with E-state index in [1.807, 2.05) is 0 Å². The van der Waals surface area contributed by atoms with Gasteiger partial charge in [0.1, 0.15) is 0 Å². The molecule has 0 aromatic carbocycles. The maximum absolute atomic E-state index is 8.62. The van der Waals surface area contributed by atoms with Crippen molar-refractivity contribution in [1.29, 1.82) is 0 Å². The Hall–Kier alpha value is 0.210. The molecule has 0 aromatic rings. The molecule has 1 rings (SSSR count). The van der Waals surface area contributed by atoms with Crippen LogP contribution in [0.25, 0.3) is 0 Å². The van der Waals surface area contributed by atoms with Gasteiger partial charge in [-0.2, -0.15) is 0 Å². The quantitative estimate of drug-likeness (QED) is 0.456. The Labute approximate surface area is 66.5 Å². The predicted octanol–water partition coefficient (Wildman–Crippen LogP) is 1.76. The zero-order valence-electron chi connectivity index (χ0n) is 6.18. The molecule has 2 unspecified atom stereocenters. The van der Waals surface area contributed by atoms with E-state index in [2.05, 4.69) is 12.4 Å². The van der Waals surface area contributed by atoms with Crippen LogP contribution in [-0.4, -0.2) is 16.6 Å². The first kappa shape index (κ1) is 8.31. The zero-order valence-corrected chi connectivity index (χ0v) is 6.93. The van der Waals surface area contributed by atoms with Crippen molar-refractivity contribution < 1.29 is 5.21 Å². The molecule has 0 aromatic heterocycles. The fraction of sp³-hybridized carbons (Fsp3) is 1.00. The van der Waals surface area contributed by atoms with Crippen molar-refractivity contribution in [2.75, 3.05) is 0 Å². The predicted molar refractivity (Wildman–Crippen MR) is 41.4 cm³/mol. The molecule has 2 N–H and O–H groups in total. The van der Waals surface area contributed by atoms with Crippen LogP contribution in [0.4, 0.5) is 0 Å². The minimum absolute atomic E-state index is 0.214. The SMILES string of the molecule is C[C@H]1CC(Cl)CC(NO)C1. The van der Waals surface area contributed by atoms with Gasteiger partial charge in [-0.25, -0.2) is 5.48 Å². The van der Waals surface area contributed by atoms with E-state index in [0.717, 1.165) is 19.3 Å². The average molecular weight is 164 g/mol. The highest BCUT2D eigenvalue weighted by molar-refractivity contribution is 6.20. The molecule has 0 aliphatic heterocycles. The highest BCUT2D eigenvalue weighted by Gasteiger charge is 2.24. The summed E-state index contributed by atoms with van der Waals surface area (Å²) in [6.07, 6.45) is 3.02. The summed E-state index contributed by atoms with van der Waals surface area (Å²) >= 11 is 5.93. The summed E-state index contributed by atoms with van der Waals surface area (Å²) in [7, 11) is 0. The van der Waals surface area contributed by atoms with E-state index < -0.39 is 0 Å². The van der Waals surface area contributed by atoms with E-state index in [1.54, 1.807) is 0 Å². The number of nitrogens with one attached hydrogen (secondary N) is 1. The summed E-state index contributed by atoms with van der Waals surface area (Å²) in [6.45, 7) is 2.17. The van der Waals surface area contributed by atoms with Gasteiger partial charge in [0.2, 0.25) is 0 Å². The first-order valence-corrected chi connectivity index (χ1v) is 4.19. The van der Waals surface area contributed by atoms with Gasteiger partial charge in [-0.15, -0.1) is 11.6 Å². The minimum atomic E-state index is 0.214. The second-order valence-corrected chi connectivity index (χ2v) is 3.85. The lowest BCUT2D eigenvalue weighted by atomic mass is 9.87. The Morgan fingerprint density at radius 3 is 2.60 bits per heavy atom. The molecule has 0 heterocycles. The Bertz CT molecular complexity index is 99.8. The van der Waals surface area contributed by atoms with Crippen LogP contribution in [0.2, 0.25) is 0 Å². The van der Waals surface area contributed by atoms with Crippen molar-refractivity contribution in [2.45, 2.75) is 37.6 Å². The molecule has 0 bridgehead atoms. The van der Waals surface area contributed by atoms with E-state index in [1.165, 1.54) is 0 Å². The molecule has 0 spiro atoms. The molecule has 3 atom stereocenters. The topological polar surface area (TPSA) is 32.3 Å². The Balaban J connectivity index is 2.35. The monoisotopic (exact) mass is 163 g/mol. The summed E-state index contributed by atoms with van der Waals surface area (Å²) in [5.41, 5.74) is 2.28. The van der Waals surface area contributed by atoms with Gasteiger partial charge in [0.05, 0.1) is 0 Å². The summed E-state index contributed by atoms with van der Waals surface area (Å²) < 4.78 is 0. The molecule has 1 saturated carbocycles. The van der Waals surface area contributed by atoms with Crippen molar-refractivity contribution in [3.63, 3.8) is 0 Å². The standard InChI is InChI=1S/C7H14ClNO/c1-5-2-6(8)4-7(3-5)9-10/h5-7,9-10H,2-4H2,1H3/t5-,6?,7?/m0/s1. The van der Waals surface area contributed by atoms with Crippen LogP contribution in [0.5, 0.6) is 0 Å². The highest BCUT2D eigenvalue weighted by Crippen LogP contribution is 2.27. The Morgan fingerprint density at radius 1 is 1.40 bits per heavy atom. The molecular formula is C7H14ClNO. The lowest BCUT2D eigenvalue weighted by molar-refractivity contribution is 0.0966. The third-order valence-corrected chi connectivity index (χ3v) is 2.42. The number of hydrogen-bond acceptors (Lipinski definition) is 2. The smallest absolute Gasteiger partial charge is 0.0354 e. The second kappa shape index (κ2) is 3.56. The molecule has 10 heavy (non-hydrogen) atoms. The molecule has 0 radical (unpaired) electrons. The highest BCUT2D eigenvalue weighted by atomic mass is 35.5. The second-order valence-electron chi connectivity index (χ2n) is 3.24. The van der Waals surface area contributed by atoms with Crippen molar-refractivity contribution in [3.05, 3.63) is 0 Å². The first-order valence-electron chi connectivity index (χ1n) is 3.76. The molecule has 0 saturated heterocycles. The number of alkyl halides is 1. The van der Waals surface area contributed by atoms with Gasteiger partial charge in [0.25, 0.3) is 0 Å². The summed E-state index contributed by atoms with van der Waals surface area (Å²) in [6, 6.07) is 0.214. The molecule has 1 aliphatic rings. The van der Waals surface area contributed by atoms with Crippen LogP contribution in [0, 0.1) is 5.92 Å². The van der Waals surface area contributed by atoms with Crippen molar-refractivity contribution in [2.24, 2.45) is 5.92 Å². The first-order chi connectivity index (χ1) is 4.72. The number of hydroxylamine groups is 1. The molecule has 1 fully saturated rings. The van der Waals surface area contributed by atoms with E-state index in [-0.39, 0.29) is 11.4 Å². The van der Waals surface area contributed by atoms with Crippen LogP contribution in [0.3, 0.4) is 0 Å². The van der Waals surface area contributed by atoms with Crippen LogP contribution >= 0.6 is 11.6 Å². The van der Waals surface area contributed by atoms with Crippen LogP contribution in [-0.2, 0) is 0 Å². The Morgan fingerprint density at radius 2 is 2.10 bits per heavy atom. The third kappa shape index (κ3) is 2.11. The van der Waals surface area contributed by atoms with E-state index in [9.17, 15) is 0 Å². The molecule has 1 aliphatic carbocycles. The van der Waals surface area contributed by atoms with Gasteiger partial charge in [-0.05, 0) is 25.2 Å². The summed E-state index contributed by atoms with van der Waals surface area (Å²) in [5, 5.41) is 8.86. The van der Waals surface area contributed by atoms with Gasteiger partial charge < -0.3 is 5.21 Å². The van der Waals surface area contributed by atoms with Gasteiger partial charge >= 0.3 is 0 Å². The van der Waals surface area contributed by atoms with Gasteiger partial charge in [0.15, 0.2) is 0 Å². The zero-order chi connectivity index (χ0) is 7.56. The fourth-order valence-corrected chi connectivity index (χ4v) is 2.14. The summed E-state index contributed by atoms with van der Waals surface area (Å²) in [5.74, 6) is 0.640. The van der Waals surface area contributed by atoms with Crippen LogP contribution in [0.1, 0.15) is 26.2 Å².